The van der Waals surface area contributed by atoms with Crippen molar-refractivity contribution in [3.8, 4) is 11.5 Å². The van der Waals surface area contributed by atoms with Gasteiger partial charge in [-0.15, -0.1) is 0 Å². The van der Waals surface area contributed by atoms with Gasteiger partial charge in [0, 0.05) is 23.1 Å². The van der Waals surface area contributed by atoms with Gasteiger partial charge >= 0.3 is 0 Å². The molecule has 0 saturated heterocycles. The highest BCUT2D eigenvalue weighted by atomic mass is 16.5. The minimum atomic E-state index is -0.483. The molecular formula is C26H30O3. The Balaban J connectivity index is 1.58. The van der Waals surface area contributed by atoms with Gasteiger partial charge in [-0.05, 0) is 75.1 Å². The molecule has 0 amide bonds. The van der Waals surface area contributed by atoms with Gasteiger partial charge in [0.05, 0.1) is 0 Å². The summed E-state index contributed by atoms with van der Waals surface area (Å²) in [5, 5.41) is 10.8. The van der Waals surface area contributed by atoms with Crippen LogP contribution in [-0.4, -0.2) is 16.5 Å². The number of ether oxygens (including phenoxy) is 1. The fourth-order valence-corrected chi connectivity index (χ4v) is 4.77. The number of fused-ring (bicyclic) bond motifs is 2. The van der Waals surface area contributed by atoms with Crippen LogP contribution >= 0.6 is 0 Å². The lowest BCUT2D eigenvalue weighted by atomic mass is 9.76. The Labute approximate surface area is 173 Å². The molecule has 1 aliphatic heterocycles. The van der Waals surface area contributed by atoms with Crippen molar-refractivity contribution in [2.75, 3.05) is 0 Å². The summed E-state index contributed by atoms with van der Waals surface area (Å²) in [5.74, 6) is 1.39. The molecule has 0 radical (unpaired) electrons. The first-order chi connectivity index (χ1) is 13.9. The van der Waals surface area contributed by atoms with Crippen LogP contribution in [0, 0.1) is 0 Å². The molecule has 1 heterocycles. The molecule has 2 aliphatic rings. The summed E-state index contributed by atoms with van der Waals surface area (Å²) in [5.41, 5.74) is 4.38. The number of hydrogen-bond donors (Lipinski definition) is 1. The number of hydrogen-bond acceptors (Lipinski definition) is 3. The second-order valence-electron chi connectivity index (χ2n) is 8.93. The van der Waals surface area contributed by atoms with Crippen molar-refractivity contribution in [2.24, 2.45) is 0 Å². The molecule has 152 valence electrons. The van der Waals surface area contributed by atoms with Gasteiger partial charge in [0.15, 0.2) is 5.78 Å². The Morgan fingerprint density at radius 3 is 2.66 bits per heavy atom. The van der Waals surface area contributed by atoms with Crippen molar-refractivity contribution in [2.45, 2.75) is 70.8 Å². The summed E-state index contributed by atoms with van der Waals surface area (Å²) < 4.78 is 6.34. The summed E-state index contributed by atoms with van der Waals surface area (Å²) in [6, 6.07) is 14.2. The normalized spacial score (nSPS) is 18.7. The molecule has 0 fully saturated rings. The van der Waals surface area contributed by atoms with Crippen LogP contribution in [0.3, 0.4) is 0 Å². The summed E-state index contributed by atoms with van der Waals surface area (Å²) in [6.07, 6.45) is 5.41. The van der Waals surface area contributed by atoms with Crippen LogP contribution in [0.15, 0.2) is 48.0 Å². The molecule has 0 bridgehead atoms. The molecule has 0 saturated carbocycles. The number of rotatable bonds is 5. The summed E-state index contributed by atoms with van der Waals surface area (Å²) >= 11 is 0. The maximum atomic E-state index is 12.7. The number of aromatic hydroxyl groups is 1. The molecule has 1 aliphatic carbocycles. The Morgan fingerprint density at radius 1 is 1.14 bits per heavy atom. The number of aryl methyl sites for hydroxylation is 1. The van der Waals surface area contributed by atoms with Crippen LogP contribution in [-0.2, 0) is 11.2 Å². The predicted molar refractivity (Wildman–Crippen MR) is 116 cm³/mol. The number of allylic oxidation sites excluding steroid dienone is 1. The molecule has 3 nitrogen and oxygen atoms in total. The molecule has 3 heteroatoms. The monoisotopic (exact) mass is 390 g/mol. The predicted octanol–water partition coefficient (Wildman–Crippen LogP) is 6.20. The second-order valence-corrected chi connectivity index (χ2v) is 8.93. The second kappa shape index (κ2) is 7.70. The van der Waals surface area contributed by atoms with Crippen molar-refractivity contribution in [1.29, 1.82) is 0 Å². The van der Waals surface area contributed by atoms with Crippen LogP contribution in [0.2, 0.25) is 0 Å². The highest BCUT2D eigenvalue weighted by molar-refractivity contribution is 6.23. The van der Waals surface area contributed by atoms with E-state index in [0.717, 1.165) is 60.1 Å². The van der Waals surface area contributed by atoms with Crippen molar-refractivity contribution in [3.05, 3.63) is 64.7 Å². The van der Waals surface area contributed by atoms with Gasteiger partial charge in [-0.2, -0.15) is 0 Å². The topological polar surface area (TPSA) is 46.5 Å². The number of Topliss-reactive ketones (excluding diaryl/α,β-unsaturated/α-hetero) is 1. The molecule has 4 rings (SSSR count). The summed E-state index contributed by atoms with van der Waals surface area (Å²) in [7, 11) is 0. The standard InChI is InChI=1S/C26H30O3/c1-17(9-7-12-18-10-5-4-6-11-18)19-16-24-20(15-23(19)28)25-21(26(2,3)29-24)13-8-14-22(25)27/h4-6,10-11,15-17,28H,7-9,12-14H2,1-3H3. The fourth-order valence-electron chi connectivity index (χ4n) is 4.77. The number of phenolic OH excluding ortho intramolecular Hbond substituents is 1. The Hall–Kier alpha value is -2.55. The number of benzene rings is 2. The quantitative estimate of drug-likeness (QED) is 0.661. The van der Waals surface area contributed by atoms with Crippen LogP contribution in [0.25, 0.3) is 5.57 Å². The summed E-state index contributed by atoms with van der Waals surface area (Å²) in [4.78, 5) is 12.7. The third-order valence-corrected chi connectivity index (χ3v) is 6.38. The van der Waals surface area contributed by atoms with E-state index in [9.17, 15) is 9.90 Å². The minimum absolute atomic E-state index is 0.173. The third kappa shape index (κ3) is 3.83. The smallest absolute Gasteiger partial charge is 0.163 e. The van der Waals surface area contributed by atoms with E-state index in [0.29, 0.717) is 6.42 Å². The van der Waals surface area contributed by atoms with Crippen LogP contribution in [0.4, 0.5) is 0 Å². The lowest BCUT2D eigenvalue weighted by Gasteiger charge is -2.39. The van der Waals surface area contributed by atoms with Gasteiger partial charge in [0.1, 0.15) is 17.1 Å². The molecule has 0 spiro atoms. The Kier molecular flexibility index (Phi) is 5.24. The molecule has 1 unspecified atom stereocenters. The summed E-state index contributed by atoms with van der Waals surface area (Å²) in [6.45, 7) is 6.23. The molecule has 2 aromatic rings. The van der Waals surface area contributed by atoms with Gasteiger partial charge in [-0.3, -0.25) is 4.79 Å². The fraction of sp³-hybridized carbons (Fsp3) is 0.423. The average Bonchev–Trinajstić information content (AvgIpc) is 2.69. The molecule has 1 atom stereocenters. The molecule has 1 N–H and O–H groups in total. The van der Waals surface area contributed by atoms with Crippen molar-refractivity contribution >= 4 is 11.4 Å². The van der Waals surface area contributed by atoms with Gasteiger partial charge in [-0.25, -0.2) is 0 Å². The van der Waals surface area contributed by atoms with E-state index in [1.54, 1.807) is 6.07 Å². The first-order valence-electron chi connectivity index (χ1n) is 10.7. The van der Waals surface area contributed by atoms with E-state index in [1.165, 1.54) is 5.56 Å². The van der Waals surface area contributed by atoms with Gasteiger partial charge in [-0.1, -0.05) is 37.3 Å². The van der Waals surface area contributed by atoms with E-state index in [2.05, 4.69) is 31.2 Å². The molecule has 2 aromatic carbocycles. The third-order valence-electron chi connectivity index (χ3n) is 6.38. The zero-order valence-electron chi connectivity index (χ0n) is 17.6. The maximum Gasteiger partial charge on any atom is 0.163 e. The van der Waals surface area contributed by atoms with Crippen molar-refractivity contribution in [1.82, 2.24) is 0 Å². The zero-order chi connectivity index (χ0) is 20.6. The SMILES string of the molecule is CC(CCCc1ccccc1)c1cc2c(cc1O)C1=C(CCCC1=O)C(C)(C)O2. The van der Waals surface area contributed by atoms with E-state index < -0.39 is 5.60 Å². The lowest BCUT2D eigenvalue weighted by molar-refractivity contribution is -0.114. The Bertz CT molecular complexity index is 953. The lowest BCUT2D eigenvalue weighted by Crippen LogP contribution is -2.37. The average molecular weight is 391 g/mol. The number of phenols is 1. The highest BCUT2D eigenvalue weighted by Crippen LogP contribution is 2.48. The van der Waals surface area contributed by atoms with Crippen LogP contribution in [0.5, 0.6) is 11.5 Å². The number of ketones is 1. The van der Waals surface area contributed by atoms with E-state index in [1.807, 2.05) is 26.0 Å². The van der Waals surface area contributed by atoms with E-state index >= 15 is 0 Å². The molecular weight excluding hydrogens is 360 g/mol. The zero-order valence-corrected chi connectivity index (χ0v) is 17.6. The number of carbonyl (C=O) groups is 1. The maximum absolute atomic E-state index is 12.7. The van der Waals surface area contributed by atoms with Crippen molar-refractivity contribution < 1.29 is 14.6 Å². The minimum Gasteiger partial charge on any atom is -0.508 e. The highest BCUT2D eigenvalue weighted by Gasteiger charge is 2.39. The van der Waals surface area contributed by atoms with E-state index in [4.69, 9.17) is 4.74 Å². The van der Waals surface area contributed by atoms with Gasteiger partial charge in [0.2, 0.25) is 0 Å². The largest absolute Gasteiger partial charge is 0.508 e. The molecule has 0 aromatic heterocycles. The molecule has 29 heavy (non-hydrogen) atoms. The van der Waals surface area contributed by atoms with Gasteiger partial charge in [0.25, 0.3) is 0 Å². The van der Waals surface area contributed by atoms with Gasteiger partial charge < -0.3 is 9.84 Å². The first kappa shape index (κ1) is 19.8. The van der Waals surface area contributed by atoms with Crippen LogP contribution in [0.1, 0.15) is 75.5 Å². The Morgan fingerprint density at radius 2 is 1.90 bits per heavy atom. The van der Waals surface area contributed by atoms with E-state index in [-0.39, 0.29) is 17.5 Å². The van der Waals surface area contributed by atoms with Crippen LogP contribution < -0.4 is 4.74 Å². The number of carbonyl (C=O) groups excluding carboxylic acids is 1. The van der Waals surface area contributed by atoms with Crippen molar-refractivity contribution in [3.63, 3.8) is 0 Å². The first-order valence-corrected chi connectivity index (χ1v) is 10.7.